The van der Waals surface area contributed by atoms with Crippen molar-refractivity contribution in [2.45, 2.75) is 96.7 Å². The Labute approximate surface area is 182 Å². The number of esters is 1. The monoisotopic (exact) mass is 418 g/mol. The highest BCUT2D eigenvalue weighted by Gasteiger charge is 2.57. The number of rotatable bonds is 4. The van der Waals surface area contributed by atoms with Crippen molar-refractivity contribution in [2.24, 2.45) is 40.4 Å². The minimum absolute atomic E-state index is 0.103. The number of carbonyl (C=O) groups excluding carboxylic acids is 1. The fourth-order valence-electron chi connectivity index (χ4n) is 8.32. The van der Waals surface area contributed by atoms with E-state index in [9.17, 15) is 15.0 Å². The molecule has 0 aromatic rings. The molecule has 170 valence electrons. The highest BCUT2D eigenvalue weighted by Crippen LogP contribution is 2.63. The molecular weight excluding hydrogens is 376 g/mol. The molecule has 2 N–H and O–H groups in total. The van der Waals surface area contributed by atoms with Gasteiger partial charge >= 0.3 is 5.97 Å². The highest BCUT2D eigenvalue weighted by molar-refractivity contribution is 5.69. The average Bonchev–Trinajstić information content (AvgIpc) is 3.07. The summed E-state index contributed by atoms with van der Waals surface area (Å²) in [4.78, 5) is 11.7. The number of hydrogen-bond donors (Lipinski definition) is 2. The van der Waals surface area contributed by atoms with Gasteiger partial charge in [0.05, 0.1) is 19.3 Å². The molecule has 2 bridgehead atoms. The minimum atomic E-state index is -0.242. The molecule has 0 aromatic carbocycles. The first-order valence-corrected chi connectivity index (χ1v) is 12.4. The van der Waals surface area contributed by atoms with Crippen molar-refractivity contribution in [3.63, 3.8) is 0 Å². The summed E-state index contributed by atoms with van der Waals surface area (Å²) in [6.45, 7) is 4.81. The van der Waals surface area contributed by atoms with Crippen molar-refractivity contribution in [3.8, 4) is 0 Å². The molecule has 0 aliphatic heterocycles. The van der Waals surface area contributed by atoms with Gasteiger partial charge in [-0.05, 0) is 105 Å². The van der Waals surface area contributed by atoms with E-state index in [1.165, 1.54) is 26.4 Å². The summed E-state index contributed by atoms with van der Waals surface area (Å²) in [7, 11) is 1.47. The fraction of sp³-hybridized carbons (Fsp3) is 0.885. The van der Waals surface area contributed by atoms with Crippen LogP contribution < -0.4 is 0 Å². The summed E-state index contributed by atoms with van der Waals surface area (Å²) in [6, 6.07) is 0. The van der Waals surface area contributed by atoms with Crippen LogP contribution in [0.25, 0.3) is 0 Å². The Balaban J connectivity index is 1.57. The number of methoxy groups -OCH3 is 1. The summed E-state index contributed by atoms with van der Waals surface area (Å²) in [5.74, 6) is 2.34. The lowest BCUT2D eigenvalue weighted by Crippen LogP contribution is -2.50. The van der Waals surface area contributed by atoms with Crippen LogP contribution in [-0.4, -0.2) is 35.5 Å². The number of aliphatic hydroxyl groups is 2. The van der Waals surface area contributed by atoms with Crippen LogP contribution in [0.15, 0.2) is 12.2 Å². The van der Waals surface area contributed by atoms with Crippen molar-refractivity contribution in [3.05, 3.63) is 12.2 Å². The van der Waals surface area contributed by atoms with Crippen molar-refractivity contribution in [2.75, 3.05) is 7.11 Å². The van der Waals surface area contributed by atoms with E-state index in [0.717, 1.165) is 44.9 Å². The van der Waals surface area contributed by atoms with E-state index in [0.29, 0.717) is 36.0 Å². The smallest absolute Gasteiger partial charge is 0.305 e. The molecule has 1 spiro atoms. The number of fused-ring (bicyclic) bond motifs is 3. The minimum Gasteiger partial charge on any atom is -0.469 e. The van der Waals surface area contributed by atoms with E-state index >= 15 is 0 Å². The van der Waals surface area contributed by atoms with Crippen LogP contribution in [0, 0.1) is 40.4 Å². The molecule has 0 unspecified atom stereocenters. The molecule has 3 saturated carbocycles. The summed E-state index contributed by atoms with van der Waals surface area (Å²) in [5, 5.41) is 21.5. The summed E-state index contributed by atoms with van der Waals surface area (Å²) < 4.78 is 4.87. The molecule has 30 heavy (non-hydrogen) atoms. The topological polar surface area (TPSA) is 66.8 Å². The van der Waals surface area contributed by atoms with Crippen molar-refractivity contribution >= 4 is 5.97 Å². The maximum absolute atomic E-state index is 11.7. The lowest BCUT2D eigenvalue weighted by Gasteiger charge is -2.54. The third kappa shape index (κ3) is 3.88. The zero-order valence-electron chi connectivity index (χ0n) is 19.2. The quantitative estimate of drug-likeness (QED) is 0.505. The molecule has 0 saturated heterocycles. The van der Waals surface area contributed by atoms with E-state index in [1.807, 2.05) is 0 Å². The largest absolute Gasteiger partial charge is 0.469 e. The SMILES string of the molecule is COC(=O)CC[C@@H](C)[C@H]1CC[C@H]2[C@H]3C[C@@]4(/C=C/CC[C@]12C)CC[C@@H](O)C[C@H]4C[C@@H]3O. The molecule has 4 nitrogen and oxygen atoms in total. The standard InChI is InChI=1S/C26H42O4/c1-17(6-9-24(29)30-3)21-7-8-22-20-16-26(12-5-4-11-25(21,22)2)13-10-19(27)14-18(26)15-23(20)28/h5,12,17-23,27-28H,4,6-11,13-16H2,1-3H3/b12-5+/t17-,18+,19-,20-,21-,22+,23+,25-,26-/m1/s1. The Bertz CT molecular complexity index is 659. The van der Waals surface area contributed by atoms with Gasteiger partial charge in [-0.1, -0.05) is 26.0 Å². The third-order valence-corrected chi connectivity index (χ3v) is 9.97. The number of ether oxygens (including phenoxy) is 1. The fourth-order valence-corrected chi connectivity index (χ4v) is 8.32. The van der Waals surface area contributed by atoms with Gasteiger partial charge in [-0.3, -0.25) is 4.79 Å². The van der Waals surface area contributed by atoms with Crippen molar-refractivity contribution in [1.82, 2.24) is 0 Å². The predicted octanol–water partition coefficient (Wildman–Crippen LogP) is 4.88. The molecule has 0 amide bonds. The van der Waals surface area contributed by atoms with Crippen LogP contribution in [0.3, 0.4) is 0 Å². The van der Waals surface area contributed by atoms with Crippen LogP contribution in [0.5, 0.6) is 0 Å². The van der Waals surface area contributed by atoms with E-state index in [2.05, 4.69) is 26.0 Å². The van der Waals surface area contributed by atoms with Gasteiger partial charge in [0.25, 0.3) is 0 Å². The molecular formula is C26H42O4. The third-order valence-electron chi connectivity index (χ3n) is 9.97. The van der Waals surface area contributed by atoms with Crippen LogP contribution >= 0.6 is 0 Å². The Morgan fingerprint density at radius 2 is 2.00 bits per heavy atom. The van der Waals surface area contributed by atoms with Gasteiger partial charge < -0.3 is 14.9 Å². The van der Waals surface area contributed by atoms with Crippen LogP contribution in [0.4, 0.5) is 0 Å². The highest BCUT2D eigenvalue weighted by atomic mass is 16.5. The van der Waals surface area contributed by atoms with Gasteiger partial charge in [0.15, 0.2) is 0 Å². The maximum atomic E-state index is 11.7. The molecule has 4 aliphatic rings. The Morgan fingerprint density at radius 3 is 2.77 bits per heavy atom. The van der Waals surface area contributed by atoms with E-state index in [-0.39, 0.29) is 29.0 Å². The first kappa shape index (κ1) is 22.3. The molecule has 4 heteroatoms. The predicted molar refractivity (Wildman–Crippen MR) is 118 cm³/mol. The molecule has 3 fully saturated rings. The summed E-state index contributed by atoms with van der Waals surface area (Å²) in [5.41, 5.74) is 0.404. The van der Waals surface area contributed by atoms with E-state index < -0.39 is 0 Å². The first-order chi connectivity index (χ1) is 14.3. The van der Waals surface area contributed by atoms with Gasteiger partial charge in [-0.15, -0.1) is 0 Å². The Kier molecular flexibility index (Phi) is 6.38. The van der Waals surface area contributed by atoms with Crippen LogP contribution in [-0.2, 0) is 9.53 Å². The first-order valence-electron chi connectivity index (χ1n) is 12.4. The summed E-state index contributed by atoms with van der Waals surface area (Å²) >= 11 is 0. The number of allylic oxidation sites excluding steroid dienone is 2. The van der Waals surface area contributed by atoms with Crippen LogP contribution in [0.2, 0.25) is 0 Å². The molecule has 9 atom stereocenters. The zero-order valence-corrected chi connectivity index (χ0v) is 19.2. The van der Waals surface area contributed by atoms with E-state index in [1.54, 1.807) is 0 Å². The summed E-state index contributed by atoms with van der Waals surface area (Å²) in [6.07, 6.45) is 15.4. The number of carbonyl (C=O) groups is 1. The van der Waals surface area contributed by atoms with Crippen molar-refractivity contribution < 1.29 is 19.7 Å². The zero-order chi connectivity index (χ0) is 21.5. The normalized spacial score (nSPS) is 47.8. The number of hydrogen-bond acceptors (Lipinski definition) is 4. The van der Waals surface area contributed by atoms with Gasteiger partial charge in [0.2, 0.25) is 0 Å². The second-order valence-electron chi connectivity index (χ2n) is 11.4. The van der Waals surface area contributed by atoms with Crippen molar-refractivity contribution in [1.29, 1.82) is 0 Å². The van der Waals surface area contributed by atoms with Gasteiger partial charge in [0, 0.05) is 6.42 Å². The lowest BCUT2D eigenvalue weighted by molar-refractivity contribution is -0.141. The molecule has 0 heterocycles. The Hall–Kier alpha value is -0.870. The van der Waals surface area contributed by atoms with Gasteiger partial charge in [-0.25, -0.2) is 0 Å². The number of aliphatic hydroxyl groups excluding tert-OH is 2. The second-order valence-corrected chi connectivity index (χ2v) is 11.4. The molecule has 4 rings (SSSR count). The lowest BCUT2D eigenvalue weighted by atomic mass is 9.52. The van der Waals surface area contributed by atoms with Crippen LogP contribution in [0.1, 0.15) is 84.5 Å². The van der Waals surface area contributed by atoms with E-state index in [4.69, 9.17) is 4.74 Å². The van der Waals surface area contributed by atoms with Gasteiger partial charge in [0.1, 0.15) is 0 Å². The maximum Gasteiger partial charge on any atom is 0.305 e. The Morgan fingerprint density at radius 1 is 1.20 bits per heavy atom. The second kappa shape index (κ2) is 8.58. The average molecular weight is 419 g/mol. The molecule has 0 aromatic heterocycles. The van der Waals surface area contributed by atoms with Gasteiger partial charge in [-0.2, -0.15) is 0 Å². The molecule has 0 radical (unpaired) electrons. The molecule has 4 aliphatic carbocycles.